The molecule has 1 aromatic carbocycles. The molecule has 0 spiro atoms. The smallest absolute Gasteiger partial charge is 0.170 e. The lowest BCUT2D eigenvalue weighted by atomic mass is 9.98. The van der Waals surface area contributed by atoms with Gasteiger partial charge < -0.3 is 10.1 Å². The minimum Gasteiger partial charge on any atom is -0.494 e. The first-order valence-electron chi connectivity index (χ1n) is 7.14. The molecule has 1 atom stereocenters. The number of pyridine rings is 1. The van der Waals surface area contributed by atoms with E-state index in [9.17, 15) is 4.39 Å². The molecule has 0 aliphatic carbocycles. The number of methoxy groups -OCH3 is 1. The van der Waals surface area contributed by atoms with Crippen LogP contribution in [0, 0.1) is 12.7 Å². The van der Waals surface area contributed by atoms with Gasteiger partial charge in [0.2, 0.25) is 0 Å². The molecule has 2 aromatic rings. The topological polar surface area (TPSA) is 34.2 Å². The molecule has 0 saturated heterocycles. The van der Waals surface area contributed by atoms with E-state index < -0.39 is 0 Å². The molecule has 0 radical (unpaired) electrons. The molecule has 2 rings (SSSR count). The number of nitrogens with zero attached hydrogens (tertiary/aromatic N) is 1. The summed E-state index contributed by atoms with van der Waals surface area (Å²) in [4.78, 5) is 4.22. The van der Waals surface area contributed by atoms with Crippen molar-refractivity contribution in [2.45, 2.75) is 26.3 Å². The SMILES string of the molecule is CCCNC(c1cncc(C)c1)c1cccc(OC)c1F. The number of benzene rings is 1. The van der Waals surface area contributed by atoms with Gasteiger partial charge in [-0.25, -0.2) is 4.39 Å². The van der Waals surface area contributed by atoms with Crippen molar-refractivity contribution >= 4 is 0 Å². The third-order valence-corrected chi connectivity index (χ3v) is 3.35. The lowest BCUT2D eigenvalue weighted by molar-refractivity contribution is 0.381. The molecule has 112 valence electrons. The summed E-state index contributed by atoms with van der Waals surface area (Å²) in [7, 11) is 1.48. The van der Waals surface area contributed by atoms with E-state index in [1.165, 1.54) is 7.11 Å². The monoisotopic (exact) mass is 288 g/mol. The van der Waals surface area contributed by atoms with E-state index in [4.69, 9.17) is 4.74 Å². The summed E-state index contributed by atoms with van der Waals surface area (Å²) < 4.78 is 19.6. The van der Waals surface area contributed by atoms with Gasteiger partial charge in [0.25, 0.3) is 0 Å². The number of hydrogen-bond donors (Lipinski definition) is 1. The molecule has 4 heteroatoms. The van der Waals surface area contributed by atoms with Crippen molar-refractivity contribution in [1.82, 2.24) is 10.3 Å². The zero-order chi connectivity index (χ0) is 15.2. The highest BCUT2D eigenvalue weighted by molar-refractivity contribution is 5.38. The molecule has 0 fully saturated rings. The van der Waals surface area contributed by atoms with Crippen LogP contribution in [-0.4, -0.2) is 18.6 Å². The molecular formula is C17H21FN2O. The second-order valence-corrected chi connectivity index (χ2v) is 5.05. The maximum Gasteiger partial charge on any atom is 0.170 e. The van der Waals surface area contributed by atoms with Crippen LogP contribution in [0.25, 0.3) is 0 Å². The Morgan fingerprint density at radius 2 is 2.14 bits per heavy atom. The molecule has 0 aliphatic heterocycles. The third kappa shape index (κ3) is 3.58. The Balaban J connectivity index is 2.45. The second kappa shape index (κ2) is 7.18. The quantitative estimate of drug-likeness (QED) is 0.881. The fourth-order valence-electron chi connectivity index (χ4n) is 2.34. The van der Waals surface area contributed by atoms with Gasteiger partial charge in [-0.05, 0) is 37.1 Å². The number of hydrogen-bond acceptors (Lipinski definition) is 3. The molecular weight excluding hydrogens is 267 g/mol. The van der Waals surface area contributed by atoms with Gasteiger partial charge in [-0.1, -0.05) is 25.1 Å². The number of aryl methyl sites for hydroxylation is 1. The molecule has 0 bridgehead atoms. The average Bonchev–Trinajstić information content (AvgIpc) is 2.49. The highest BCUT2D eigenvalue weighted by atomic mass is 19.1. The molecule has 0 amide bonds. The van der Waals surface area contributed by atoms with Gasteiger partial charge in [-0.15, -0.1) is 0 Å². The lowest BCUT2D eigenvalue weighted by Gasteiger charge is -2.21. The first-order chi connectivity index (χ1) is 10.2. The fraction of sp³-hybridized carbons (Fsp3) is 0.353. The molecule has 21 heavy (non-hydrogen) atoms. The summed E-state index contributed by atoms with van der Waals surface area (Å²) in [6.07, 6.45) is 4.54. The Kier molecular flexibility index (Phi) is 5.28. The second-order valence-electron chi connectivity index (χ2n) is 5.05. The summed E-state index contributed by atoms with van der Waals surface area (Å²) in [6.45, 7) is 4.87. The van der Waals surface area contributed by atoms with Crippen molar-refractivity contribution < 1.29 is 9.13 Å². The van der Waals surface area contributed by atoms with Gasteiger partial charge in [-0.3, -0.25) is 4.98 Å². The van der Waals surface area contributed by atoms with Gasteiger partial charge in [0.15, 0.2) is 11.6 Å². The van der Waals surface area contributed by atoms with E-state index in [0.29, 0.717) is 5.56 Å². The first-order valence-corrected chi connectivity index (χ1v) is 7.14. The summed E-state index contributed by atoms with van der Waals surface area (Å²) >= 11 is 0. The number of aromatic nitrogens is 1. The molecule has 0 saturated carbocycles. The summed E-state index contributed by atoms with van der Waals surface area (Å²) in [5.74, 6) is -0.0634. The minimum atomic E-state index is -0.324. The van der Waals surface area contributed by atoms with Crippen LogP contribution in [-0.2, 0) is 0 Å². The number of nitrogens with one attached hydrogen (secondary N) is 1. The number of ether oxygens (including phenoxy) is 1. The Bertz CT molecular complexity index is 601. The van der Waals surface area contributed by atoms with E-state index in [1.54, 1.807) is 30.6 Å². The maximum atomic E-state index is 14.6. The third-order valence-electron chi connectivity index (χ3n) is 3.35. The van der Waals surface area contributed by atoms with Crippen LogP contribution in [0.4, 0.5) is 4.39 Å². The average molecular weight is 288 g/mol. The van der Waals surface area contributed by atoms with E-state index in [2.05, 4.69) is 17.2 Å². The van der Waals surface area contributed by atoms with Crippen LogP contribution in [0.5, 0.6) is 5.75 Å². The van der Waals surface area contributed by atoms with Crippen LogP contribution >= 0.6 is 0 Å². The molecule has 1 aromatic heterocycles. The van der Waals surface area contributed by atoms with Gasteiger partial charge in [-0.2, -0.15) is 0 Å². The van der Waals surface area contributed by atoms with Gasteiger partial charge in [0, 0.05) is 18.0 Å². The molecule has 1 unspecified atom stereocenters. The van der Waals surface area contributed by atoms with Gasteiger partial charge in [0.1, 0.15) is 0 Å². The highest BCUT2D eigenvalue weighted by Gasteiger charge is 2.20. The van der Waals surface area contributed by atoms with Crippen LogP contribution < -0.4 is 10.1 Å². The standard InChI is InChI=1S/C17H21FN2O/c1-4-8-20-17(13-9-12(2)10-19-11-13)14-6-5-7-15(21-3)16(14)18/h5-7,9-11,17,20H,4,8H2,1-3H3. The Hall–Kier alpha value is -1.94. The van der Waals surface area contributed by atoms with Crippen LogP contribution in [0.3, 0.4) is 0 Å². The Labute approximate surface area is 125 Å². The maximum absolute atomic E-state index is 14.6. The van der Waals surface area contributed by atoms with Crippen molar-refractivity contribution in [3.05, 3.63) is 59.2 Å². The van der Waals surface area contributed by atoms with Gasteiger partial charge >= 0.3 is 0 Å². The largest absolute Gasteiger partial charge is 0.494 e. The summed E-state index contributed by atoms with van der Waals surface area (Å²) in [6, 6.07) is 7.02. The molecule has 1 heterocycles. The number of rotatable bonds is 6. The normalized spacial score (nSPS) is 12.2. The Morgan fingerprint density at radius 1 is 1.33 bits per heavy atom. The van der Waals surface area contributed by atoms with Crippen molar-refractivity contribution in [2.24, 2.45) is 0 Å². The lowest BCUT2D eigenvalue weighted by Crippen LogP contribution is -2.24. The van der Waals surface area contributed by atoms with Crippen LogP contribution in [0.15, 0.2) is 36.7 Å². The molecule has 0 aliphatic rings. The highest BCUT2D eigenvalue weighted by Crippen LogP contribution is 2.29. The van der Waals surface area contributed by atoms with Crippen LogP contribution in [0.1, 0.15) is 36.1 Å². The van der Waals surface area contributed by atoms with Crippen molar-refractivity contribution in [1.29, 1.82) is 0 Å². The molecule has 1 N–H and O–H groups in total. The zero-order valence-electron chi connectivity index (χ0n) is 12.7. The fourth-order valence-corrected chi connectivity index (χ4v) is 2.34. The molecule has 3 nitrogen and oxygen atoms in total. The Morgan fingerprint density at radius 3 is 2.81 bits per heavy atom. The van der Waals surface area contributed by atoms with Gasteiger partial charge in [0.05, 0.1) is 13.2 Å². The van der Waals surface area contributed by atoms with Crippen molar-refractivity contribution in [3.8, 4) is 5.75 Å². The summed E-state index contributed by atoms with van der Waals surface area (Å²) in [5, 5.41) is 3.39. The van der Waals surface area contributed by atoms with E-state index >= 15 is 0 Å². The van der Waals surface area contributed by atoms with Crippen LogP contribution in [0.2, 0.25) is 0 Å². The first kappa shape index (κ1) is 15.4. The van der Waals surface area contributed by atoms with Crippen molar-refractivity contribution in [2.75, 3.05) is 13.7 Å². The van der Waals surface area contributed by atoms with E-state index in [0.717, 1.165) is 24.1 Å². The predicted octanol–water partition coefficient (Wildman–Crippen LogP) is 3.63. The number of halogens is 1. The van der Waals surface area contributed by atoms with E-state index in [1.807, 2.05) is 13.0 Å². The van der Waals surface area contributed by atoms with E-state index in [-0.39, 0.29) is 17.6 Å². The zero-order valence-corrected chi connectivity index (χ0v) is 12.7. The predicted molar refractivity (Wildman–Crippen MR) is 82.1 cm³/mol. The van der Waals surface area contributed by atoms with Crippen molar-refractivity contribution in [3.63, 3.8) is 0 Å². The minimum absolute atomic E-state index is 0.229. The summed E-state index contributed by atoms with van der Waals surface area (Å²) in [5.41, 5.74) is 2.59.